The summed E-state index contributed by atoms with van der Waals surface area (Å²) in [5, 5.41) is 0. The summed E-state index contributed by atoms with van der Waals surface area (Å²) in [6.45, 7) is 0. The first-order chi connectivity index (χ1) is 17.9. The Morgan fingerprint density at radius 2 is 1.08 bits per heavy atom. The van der Waals surface area contributed by atoms with Crippen LogP contribution in [0.5, 0.6) is 0 Å². The lowest BCUT2D eigenvalue weighted by Gasteiger charge is -2.39. The van der Waals surface area contributed by atoms with Gasteiger partial charge >= 0.3 is 0 Å². The van der Waals surface area contributed by atoms with Crippen molar-refractivity contribution in [3.8, 4) is 0 Å². The molecule has 0 N–H and O–H groups in total. The van der Waals surface area contributed by atoms with Crippen LogP contribution in [0.15, 0.2) is 146 Å². The summed E-state index contributed by atoms with van der Waals surface area (Å²) < 4.78 is 0. The normalized spacial score (nSPS) is 14.7. The predicted molar refractivity (Wildman–Crippen MR) is 153 cm³/mol. The van der Waals surface area contributed by atoms with Crippen LogP contribution >= 0.6 is 0 Å². The van der Waals surface area contributed by atoms with E-state index in [1.54, 1.807) is 0 Å². The minimum atomic E-state index is -0.342. The zero-order chi connectivity index (χ0) is 24.2. The molecule has 0 aliphatic heterocycles. The van der Waals surface area contributed by atoms with Crippen LogP contribution < -0.4 is 0 Å². The molecule has 4 aromatic carbocycles. The average molecular weight is 463 g/mol. The van der Waals surface area contributed by atoms with Crippen LogP contribution in [0, 0.1) is 0 Å². The van der Waals surface area contributed by atoms with Gasteiger partial charge in [-0.15, -0.1) is 0 Å². The molecule has 0 spiro atoms. The second-order valence-corrected chi connectivity index (χ2v) is 9.68. The standard InChI is InChI=1S/C36H30/c1-4-15-28(16-5-1)27-36(31-21-6-2-7-22-31,32-23-8-3-9-24-32)34-26-14-25-33(29-17-10-11-18-29)35(34)30-19-12-13-20-30/h1-17,19,21-26H,18,20,27H2. The molecule has 36 heavy (non-hydrogen) atoms. The van der Waals surface area contributed by atoms with E-state index in [9.17, 15) is 0 Å². The number of hydrogen-bond donors (Lipinski definition) is 0. The van der Waals surface area contributed by atoms with Crippen molar-refractivity contribution in [1.29, 1.82) is 0 Å². The average Bonchev–Trinajstić information content (AvgIpc) is 3.68. The van der Waals surface area contributed by atoms with Crippen molar-refractivity contribution < 1.29 is 0 Å². The summed E-state index contributed by atoms with van der Waals surface area (Å²) in [4.78, 5) is 0. The minimum Gasteiger partial charge on any atom is -0.0801 e. The third-order valence-corrected chi connectivity index (χ3v) is 7.58. The Kier molecular flexibility index (Phi) is 6.10. The van der Waals surface area contributed by atoms with E-state index >= 15 is 0 Å². The van der Waals surface area contributed by atoms with Crippen LogP contribution in [0.3, 0.4) is 0 Å². The molecule has 0 heterocycles. The van der Waals surface area contributed by atoms with Gasteiger partial charge in [-0.25, -0.2) is 0 Å². The Labute approximate surface area is 214 Å². The molecule has 0 saturated carbocycles. The largest absolute Gasteiger partial charge is 0.0801 e. The lowest BCUT2D eigenvalue weighted by atomic mass is 9.63. The van der Waals surface area contributed by atoms with Gasteiger partial charge in [-0.05, 0) is 63.8 Å². The molecule has 2 aliphatic rings. The van der Waals surface area contributed by atoms with Gasteiger partial charge in [0.1, 0.15) is 0 Å². The smallest absolute Gasteiger partial charge is 0.0497 e. The molecule has 2 aliphatic carbocycles. The highest BCUT2D eigenvalue weighted by molar-refractivity contribution is 5.86. The van der Waals surface area contributed by atoms with E-state index in [2.05, 4.69) is 146 Å². The molecule has 0 fully saturated rings. The fourth-order valence-corrected chi connectivity index (χ4v) is 5.93. The van der Waals surface area contributed by atoms with E-state index in [-0.39, 0.29) is 5.41 Å². The lowest BCUT2D eigenvalue weighted by Crippen LogP contribution is -2.33. The summed E-state index contributed by atoms with van der Waals surface area (Å²) >= 11 is 0. The van der Waals surface area contributed by atoms with Gasteiger partial charge in [0.15, 0.2) is 0 Å². The van der Waals surface area contributed by atoms with Gasteiger partial charge in [0.2, 0.25) is 0 Å². The first-order valence-corrected chi connectivity index (χ1v) is 12.9. The highest BCUT2D eigenvalue weighted by atomic mass is 14.4. The summed E-state index contributed by atoms with van der Waals surface area (Å²) in [6.07, 6.45) is 16.4. The van der Waals surface area contributed by atoms with E-state index in [0.29, 0.717) is 0 Å². The van der Waals surface area contributed by atoms with Crippen molar-refractivity contribution in [3.63, 3.8) is 0 Å². The van der Waals surface area contributed by atoms with Gasteiger partial charge in [0, 0.05) is 5.41 Å². The fraction of sp³-hybridized carbons (Fsp3) is 0.111. The maximum Gasteiger partial charge on any atom is 0.0497 e. The molecule has 4 aromatic rings. The number of rotatable bonds is 7. The van der Waals surface area contributed by atoms with Gasteiger partial charge in [0.05, 0.1) is 0 Å². The first-order valence-electron chi connectivity index (χ1n) is 12.9. The Balaban J connectivity index is 1.70. The molecule has 0 radical (unpaired) electrons. The minimum absolute atomic E-state index is 0.342. The molecule has 6 rings (SSSR count). The molecule has 0 bridgehead atoms. The molecule has 0 saturated heterocycles. The van der Waals surface area contributed by atoms with Crippen molar-refractivity contribution in [3.05, 3.63) is 179 Å². The second-order valence-electron chi connectivity index (χ2n) is 9.68. The number of hydrogen-bond acceptors (Lipinski definition) is 0. The van der Waals surface area contributed by atoms with Gasteiger partial charge in [-0.2, -0.15) is 0 Å². The fourth-order valence-electron chi connectivity index (χ4n) is 5.93. The molecule has 0 aromatic heterocycles. The van der Waals surface area contributed by atoms with E-state index in [4.69, 9.17) is 0 Å². The van der Waals surface area contributed by atoms with Crippen molar-refractivity contribution in [1.82, 2.24) is 0 Å². The third-order valence-electron chi connectivity index (χ3n) is 7.58. The quantitative estimate of drug-likeness (QED) is 0.240. The Morgan fingerprint density at radius 3 is 1.64 bits per heavy atom. The van der Waals surface area contributed by atoms with Gasteiger partial charge < -0.3 is 0 Å². The molecule has 174 valence electrons. The molecule has 0 amide bonds. The Bertz CT molecular complexity index is 1430. The molecular formula is C36H30. The van der Waals surface area contributed by atoms with Crippen molar-refractivity contribution in [2.45, 2.75) is 24.7 Å². The van der Waals surface area contributed by atoms with Crippen molar-refractivity contribution in [2.24, 2.45) is 0 Å². The summed E-state index contributed by atoms with van der Waals surface area (Å²) in [5.41, 5.74) is 10.6. The van der Waals surface area contributed by atoms with Crippen molar-refractivity contribution >= 4 is 11.1 Å². The van der Waals surface area contributed by atoms with Crippen LogP contribution in [0.1, 0.15) is 46.2 Å². The second kappa shape index (κ2) is 9.84. The van der Waals surface area contributed by atoms with Crippen LogP contribution in [0.2, 0.25) is 0 Å². The SMILES string of the molecule is C1=CCC(c2cccc(C(Cc3ccccc3)(c3ccccc3)c3ccccc3)c2C2=CC=CC2)=C1. The van der Waals surface area contributed by atoms with E-state index in [1.807, 2.05) is 0 Å². The van der Waals surface area contributed by atoms with Crippen molar-refractivity contribution in [2.75, 3.05) is 0 Å². The molecule has 0 atom stereocenters. The maximum atomic E-state index is 2.38. The lowest BCUT2D eigenvalue weighted by molar-refractivity contribution is 0.611. The van der Waals surface area contributed by atoms with Crippen LogP contribution in [0.25, 0.3) is 11.1 Å². The van der Waals surface area contributed by atoms with Gasteiger partial charge in [0.25, 0.3) is 0 Å². The van der Waals surface area contributed by atoms with Crippen LogP contribution in [-0.4, -0.2) is 0 Å². The summed E-state index contributed by atoms with van der Waals surface area (Å²) in [7, 11) is 0. The first kappa shape index (κ1) is 22.3. The number of allylic oxidation sites excluding steroid dienone is 8. The Hall–Kier alpha value is -4.16. The molecule has 0 nitrogen and oxygen atoms in total. The topological polar surface area (TPSA) is 0 Å². The molecule has 0 unspecified atom stereocenters. The van der Waals surface area contributed by atoms with Crippen LogP contribution in [-0.2, 0) is 11.8 Å². The molecule has 0 heteroatoms. The zero-order valence-corrected chi connectivity index (χ0v) is 20.5. The van der Waals surface area contributed by atoms with E-state index < -0.39 is 0 Å². The van der Waals surface area contributed by atoms with Crippen LogP contribution in [0.4, 0.5) is 0 Å². The summed E-state index contributed by atoms with van der Waals surface area (Å²) in [6, 6.07) is 40.1. The third kappa shape index (κ3) is 3.99. The monoisotopic (exact) mass is 462 g/mol. The number of benzene rings is 4. The van der Waals surface area contributed by atoms with E-state index in [0.717, 1.165) is 19.3 Å². The highest BCUT2D eigenvalue weighted by Gasteiger charge is 2.39. The summed E-state index contributed by atoms with van der Waals surface area (Å²) in [5.74, 6) is 0. The van der Waals surface area contributed by atoms with Gasteiger partial charge in [-0.1, -0.05) is 146 Å². The van der Waals surface area contributed by atoms with E-state index in [1.165, 1.54) is 44.5 Å². The highest BCUT2D eigenvalue weighted by Crippen LogP contribution is 2.48. The molecular weight excluding hydrogens is 432 g/mol. The zero-order valence-electron chi connectivity index (χ0n) is 20.5. The Morgan fingerprint density at radius 1 is 0.528 bits per heavy atom. The predicted octanol–water partition coefficient (Wildman–Crippen LogP) is 8.95. The maximum absolute atomic E-state index is 2.38. The van der Waals surface area contributed by atoms with Gasteiger partial charge in [-0.3, -0.25) is 0 Å².